The van der Waals surface area contributed by atoms with Gasteiger partial charge in [-0.25, -0.2) is 15.1 Å². The number of carbonyl (C=O) groups is 1. The van der Waals surface area contributed by atoms with Crippen molar-refractivity contribution in [3.63, 3.8) is 0 Å². The highest BCUT2D eigenvalue weighted by molar-refractivity contribution is 5.83. The van der Waals surface area contributed by atoms with Crippen molar-refractivity contribution < 1.29 is 27.8 Å². The summed E-state index contributed by atoms with van der Waals surface area (Å²) in [4.78, 5) is 35.5. The quantitative estimate of drug-likeness (QED) is 0.496. The van der Waals surface area contributed by atoms with Gasteiger partial charge in [-0.3, -0.25) is 9.59 Å². The molecule has 0 aromatic carbocycles. The Morgan fingerprint density at radius 3 is 2.61 bits per heavy atom. The molecule has 0 radical (unpaired) electrons. The Morgan fingerprint density at radius 1 is 1.22 bits per heavy atom. The number of hydrogen-bond acceptors (Lipinski definition) is 9. The zero-order valence-electron chi connectivity index (χ0n) is 19.8. The van der Waals surface area contributed by atoms with E-state index in [4.69, 9.17) is 4.74 Å². The van der Waals surface area contributed by atoms with E-state index in [-0.39, 0.29) is 36.6 Å². The molecule has 2 aromatic rings. The molecule has 4 heterocycles. The summed E-state index contributed by atoms with van der Waals surface area (Å²) >= 11 is 0. The van der Waals surface area contributed by atoms with Gasteiger partial charge in [-0.2, -0.15) is 18.3 Å². The van der Waals surface area contributed by atoms with Crippen LogP contribution in [0.4, 0.5) is 24.8 Å². The van der Waals surface area contributed by atoms with Crippen molar-refractivity contribution in [3.05, 3.63) is 40.1 Å². The van der Waals surface area contributed by atoms with Crippen LogP contribution in [-0.2, 0) is 15.7 Å². The Kier molecular flexibility index (Phi) is 7.45. The van der Waals surface area contributed by atoms with E-state index in [1.165, 1.54) is 6.20 Å². The van der Waals surface area contributed by atoms with Gasteiger partial charge in [0.15, 0.2) is 0 Å². The minimum atomic E-state index is -4.52. The molecule has 0 spiro atoms. The summed E-state index contributed by atoms with van der Waals surface area (Å²) < 4.78 is 44.1. The third kappa shape index (κ3) is 5.59. The van der Waals surface area contributed by atoms with E-state index in [1.807, 2.05) is 6.92 Å². The lowest BCUT2D eigenvalue weighted by Crippen LogP contribution is -2.55. The summed E-state index contributed by atoms with van der Waals surface area (Å²) in [6.45, 7) is 4.67. The normalized spacial score (nSPS) is 23.7. The molecular weight excluding hydrogens is 483 g/mol. The average molecular weight is 512 g/mol. The van der Waals surface area contributed by atoms with E-state index >= 15 is 0 Å². The number of β-amino-alcohol motifs (C(OH)–C–C–N with tert-alkyl or cyclic N) is 1. The van der Waals surface area contributed by atoms with Gasteiger partial charge in [0.25, 0.3) is 11.5 Å². The molecule has 2 aliphatic heterocycles. The van der Waals surface area contributed by atoms with Crippen molar-refractivity contribution in [3.8, 4) is 0 Å². The van der Waals surface area contributed by atoms with Gasteiger partial charge in [0, 0.05) is 50.1 Å². The number of anilines is 2. The zero-order chi connectivity index (χ0) is 26.0. The van der Waals surface area contributed by atoms with E-state index in [9.17, 15) is 27.9 Å². The molecule has 14 heteroatoms. The van der Waals surface area contributed by atoms with Crippen LogP contribution in [0.15, 0.2) is 23.4 Å². The summed E-state index contributed by atoms with van der Waals surface area (Å²) in [6, 6.07) is -0.621. The molecule has 2 fully saturated rings. The van der Waals surface area contributed by atoms with Crippen LogP contribution in [0.5, 0.6) is 0 Å². The van der Waals surface area contributed by atoms with Crippen LogP contribution in [-0.4, -0.2) is 86.6 Å². The molecular formula is C22H28F3N7O4. The monoisotopic (exact) mass is 511 g/mol. The van der Waals surface area contributed by atoms with Crippen LogP contribution in [0.2, 0.25) is 0 Å². The van der Waals surface area contributed by atoms with Crippen molar-refractivity contribution in [1.82, 2.24) is 25.1 Å². The Labute approximate surface area is 204 Å². The number of ether oxygens (including phenoxy) is 1. The van der Waals surface area contributed by atoms with Crippen molar-refractivity contribution in [1.29, 1.82) is 0 Å². The lowest BCUT2D eigenvalue weighted by molar-refractivity contribution is -0.141. The number of hydrogen-bond donors (Lipinski definition) is 3. The van der Waals surface area contributed by atoms with E-state index < -0.39 is 30.0 Å². The van der Waals surface area contributed by atoms with Crippen LogP contribution in [0.25, 0.3) is 0 Å². The lowest BCUT2D eigenvalue weighted by Gasteiger charge is -2.40. The van der Waals surface area contributed by atoms with Gasteiger partial charge < -0.3 is 25.0 Å². The maximum atomic E-state index is 13.0. The number of piperidine rings is 1. The van der Waals surface area contributed by atoms with Crippen molar-refractivity contribution in [2.75, 3.05) is 36.5 Å². The highest BCUT2D eigenvalue weighted by atomic mass is 19.4. The molecule has 196 valence electrons. The van der Waals surface area contributed by atoms with Gasteiger partial charge in [-0.05, 0) is 20.3 Å². The third-order valence-electron chi connectivity index (χ3n) is 6.44. The average Bonchev–Trinajstić information content (AvgIpc) is 3.20. The topological polar surface area (TPSA) is 137 Å². The molecule has 1 amide bonds. The van der Waals surface area contributed by atoms with E-state index in [2.05, 4.69) is 25.5 Å². The summed E-state index contributed by atoms with van der Waals surface area (Å²) in [5.74, 6) is -0.110. The van der Waals surface area contributed by atoms with Crippen LogP contribution in [0.1, 0.15) is 30.9 Å². The van der Waals surface area contributed by atoms with Gasteiger partial charge in [0.05, 0.1) is 36.2 Å². The number of likely N-dealkylation sites (tertiary alicyclic amines) is 1. The van der Waals surface area contributed by atoms with Gasteiger partial charge >= 0.3 is 6.18 Å². The number of halogens is 3. The standard InChI is InChI=1S/C22H28F3N7O4/c1-12(29-15-9-28-30-19(34)13(15)2)11-36-18-4-6-32(20(18)35)16-3-5-31(10-17(16)33)21-26-7-14(8-27-21)22(23,24)25/h7-9,12,16-18,33H,3-6,10-11H2,1-2H3,(H2,29,30,34)/t12-,16+,17-,18+/m0/s1. The fraction of sp³-hybridized carbons (Fsp3) is 0.591. The number of nitrogens with one attached hydrogen (secondary N) is 2. The molecule has 0 saturated carbocycles. The summed E-state index contributed by atoms with van der Waals surface area (Å²) in [5.41, 5.74) is -0.142. The maximum absolute atomic E-state index is 13.0. The first-order valence-corrected chi connectivity index (χ1v) is 11.6. The second kappa shape index (κ2) is 10.4. The van der Waals surface area contributed by atoms with E-state index in [1.54, 1.807) is 16.7 Å². The summed E-state index contributed by atoms with van der Waals surface area (Å²) in [7, 11) is 0. The fourth-order valence-corrected chi connectivity index (χ4v) is 4.43. The first-order valence-electron chi connectivity index (χ1n) is 11.6. The SMILES string of the molecule is Cc1c(N[C@@H](C)CO[C@@H]2CCN([C@@H]3CCN(c4ncc(C(F)(F)F)cn4)C[C@@H]3O)C2=O)cn[nH]c1=O. The number of aromatic amines is 1. The second-order valence-corrected chi connectivity index (χ2v) is 9.06. The smallest absolute Gasteiger partial charge is 0.389 e. The molecule has 2 aliphatic rings. The highest BCUT2D eigenvalue weighted by Gasteiger charge is 2.42. The van der Waals surface area contributed by atoms with Crippen molar-refractivity contribution >= 4 is 17.5 Å². The number of amides is 1. The number of alkyl halides is 3. The third-order valence-corrected chi connectivity index (χ3v) is 6.44. The van der Waals surface area contributed by atoms with Crippen molar-refractivity contribution in [2.45, 2.75) is 57.2 Å². The van der Waals surface area contributed by atoms with Gasteiger partial charge in [-0.1, -0.05) is 0 Å². The molecule has 0 unspecified atom stereocenters. The predicted molar refractivity (Wildman–Crippen MR) is 122 cm³/mol. The Hall–Kier alpha value is -3.26. The van der Waals surface area contributed by atoms with Crippen LogP contribution < -0.4 is 15.8 Å². The number of H-pyrrole nitrogens is 1. The lowest BCUT2D eigenvalue weighted by atomic mass is 10.0. The molecule has 0 aliphatic carbocycles. The van der Waals surface area contributed by atoms with Gasteiger partial charge in [0.1, 0.15) is 6.10 Å². The zero-order valence-corrected chi connectivity index (χ0v) is 19.8. The van der Waals surface area contributed by atoms with E-state index in [0.717, 1.165) is 12.4 Å². The first kappa shape index (κ1) is 25.8. The van der Waals surface area contributed by atoms with Crippen LogP contribution >= 0.6 is 0 Å². The van der Waals surface area contributed by atoms with Crippen LogP contribution in [0, 0.1) is 6.92 Å². The number of rotatable bonds is 7. The van der Waals surface area contributed by atoms with Crippen molar-refractivity contribution in [2.24, 2.45) is 0 Å². The molecule has 2 aromatic heterocycles. The molecule has 4 atom stereocenters. The summed E-state index contributed by atoms with van der Waals surface area (Å²) in [6.07, 6.45) is -2.24. The highest BCUT2D eigenvalue weighted by Crippen LogP contribution is 2.29. The molecule has 2 saturated heterocycles. The first-order chi connectivity index (χ1) is 17.0. The minimum absolute atomic E-state index is 0.0931. The Morgan fingerprint density at radius 2 is 1.94 bits per heavy atom. The number of aliphatic hydroxyl groups is 1. The minimum Gasteiger partial charge on any atom is -0.389 e. The number of nitrogens with zero attached hydrogens (tertiary/aromatic N) is 5. The largest absolute Gasteiger partial charge is 0.419 e. The number of aliphatic hydroxyl groups excluding tert-OH is 1. The fourth-order valence-electron chi connectivity index (χ4n) is 4.43. The number of aromatic nitrogens is 4. The molecule has 0 bridgehead atoms. The Balaban J connectivity index is 1.28. The maximum Gasteiger partial charge on any atom is 0.419 e. The molecule has 4 rings (SSSR count). The molecule has 11 nitrogen and oxygen atoms in total. The number of carbonyl (C=O) groups excluding carboxylic acids is 1. The van der Waals surface area contributed by atoms with Crippen LogP contribution in [0.3, 0.4) is 0 Å². The van der Waals surface area contributed by atoms with Gasteiger partial charge in [-0.15, -0.1) is 0 Å². The Bertz CT molecular complexity index is 1130. The predicted octanol–water partition coefficient (Wildman–Crippen LogP) is 0.945. The van der Waals surface area contributed by atoms with Gasteiger partial charge in [0.2, 0.25) is 5.95 Å². The summed E-state index contributed by atoms with van der Waals surface area (Å²) in [5, 5.41) is 20.0. The van der Waals surface area contributed by atoms with E-state index in [0.29, 0.717) is 37.2 Å². The second-order valence-electron chi connectivity index (χ2n) is 9.06. The molecule has 36 heavy (non-hydrogen) atoms. The molecule has 3 N–H and O–H groups in total.